The topological polar surface area (TPSA) is 111 Å². The van der Waals surface area contributed by atoms with Gasteiger partial charge in [-0.25, -0.2) is 4.79 Å². The molecule has 28 heavy (non-hydrogen) atoms. The molecule has 0 aliphatic heterocycles. The maximum atomic E-state index is 12.0. The first-order chi connectivity index (χ1) is 13.4. The number of nitrogens with one attached hydrogen (secondary N) is 2. The lowest BCUT2D eigenvalue weighted by Gasteiger charge is -2.10. The zero-order chi connectivity index (χ0) is 20.5. The van der Waals surface area contributed by atoms with Crippen molar-refractivity contribution in [2.75, 3.05) is 25.6 Å². The highest BCUT2D eigenvalue weighted by molar-refractivity contribution is 5.97. The second-order valence-electron chi connectivity index (χ2n) is 5.78. The van der Waals surface area contributed by atoms with Gasteiger partial charge < -0.3 is 20.1 Å². The Labute approximate surface area is 161 Å². The van der Waals surface area contributed by atoms with Crippen LogP contribution in [0.25, 0.3) is 0 Å². The van der Waals surface area contributed by atoms with Gasteiger partial charge in [-0.3, -0.25) is 14.4 Å². The first kappa shape index (κ1) is 20.6. The zero-order valence-electron chi connectivity index (χ0n) is 15.5. The number of ether oxygens (including phenoxy) is 2. The predicted octanol–water partition coefficient (Wildman–Crippen LogP) is 1.69. The molecule has 2 aromatic rings. The van der Waals surface area contributed by atoms with E-state index in [0.717, 1.165) is 5.56 Å². The van der Waals surface area contributed by atoms with Crippen LogP contribution in [-0.4, -0.2) is 44.0 Å². The molecule has 0 aliphatic carbocycles. The fourth-order valence-corrected chi connectivity index (χ4v) is 2.23. The molecule has 0 aromatic heterocycles. The highest BCUT2D eigenvalue weighted by atomic mass is 16.5. The summed E-state index contributed by atoms with van der Waals surface area (Å²) < 4.78 is 9.48. The van der Waals surface area contributed by atoms with Gasteiger partial charge in [-0.2, -0.15) is 0 Å². The van der Waals surface area contributed by atoms with Gasteiger partial charge in [0.2, 0.25) is 0 Å². The fraction of sp³-hybridized carbons (Fsp3) is 0.200. The molecule has 0 heterocycles. The van der Waals surface area contributed by atoms with Gasteiger partial charge in [0.15, 0.2) is 6.61 Å². The summed E-state index contributed by atoms with van der Waals surface area (Å²) in [5.74, 6) is -2.28. The quantitative estimate of drug-likeness (QED) is 0.703. The summed E-state index contributed by atoms with van der Waals surface area (Å²) in [5, 5.41) is 4.98. The highest BCUT2D eigenvalue weighted by Gasteiger charge is 2.13. The molecule has 0 saturated carbocycles. The summed E-state index contributed by atoms with van der Waals surface area (Å²) in [4.78, 5) is 47.1. The minimum absolute atomic E-state index is 0.281. The first-order valence-corrected chi connectivity index (χ1v) is 8.38. The van der Waals surface area contributed by atoms with E-state index < -0.39 is 30.4 Å². The molecule has 0 unspecified atom stereocenters. The number of carbonyl (C=O) groups excluding carboxylic acids is 4. The molecule has 0 radical (unpaired) electrons. The van der Waals surface area contributed by atoms with Gasteiger partial charge in [0.25, 0.3) is 11.8 Å². The van der Waals surface area contributed by atoms with Crippen LogP contribution in [0.3, 0.4) is 0 Å². The summed E-state index contributed by atoms with van der Waals surface area (Å²) in [5.41, 5.74) is 1.82. The molecule has 2 aromatic carbocycles. The molecule has 2 rings (SSSR count). The maximum Gasteiger partial charge on any atom is 0.337 e. The Morgan fingerprint density at radius 3 is 2.36 bits per heavy atom. The summed E-state index contributed by atoms with van der Waals surface area (Å²) in [7, 11) is 1.26. The average Bonchev–Trinajstić information content (AvgIpc) is 2.72. The SMILES string of the molecule is COC(=O)c1ccc(C)c(NC(=O)COC(=O)CNC(=O)c2ccccc2)c1. The van der Waals surface area contributed by atoms with Gasteiger partial charge in [-0.1, -0.05) is 24.3 Å². The van der Waals surface area contributed by atoms with Crippen molar-refractivity contribution in [3.05, 3.63) is 65.2 Å². The van der Waals surface area contributed by atoms with Crippen LogP contribution < -0.4 is 10.6 Å². The number of carbonyl (C=O) groups is 4. The van der Waals surface area contributed by atoms with Crippen LogP contribution in [0.15, 0.2) is 48.5 Å². The average molecular weight is 384 g/mol. The molecule has 0 atom stereocenters. The number of hydrogen-bond donors (Lipinski definition) is 2. The molecule has 146 valence electrons. The van der Waals surface area contributed by atoms with Crippen LogP contribution >= 0.6 is 0 Å². The van der Waals surface area contributed by atoms with E-state index in [1.165, 1.54) is 13.2 Å². The minimum Gasteiger partial charge on any atom is -0.465 e. The Morgan fingerprint density at radius 1 is 0.964 bits per heavy atom. The summed E-state index contributed by atoms with van der Waals surface area (Å²) in [6.07, 6.45) is 0. The van der Waals surface area contributed by atoms with Crippen LogP contribution in [-0.2, 0) is 19.1 Å². The monoisotopic (exact) mass is 384 g/mol. The second-order valence-corrected chi connectivity index (χ2v) is 5.78. The number of anilines is 1. The van der Waals surface area contributed by atoms with Crippen LogP contribution in [0, 0.1) is 6.92 Å². The number of hydrogen-bond acceptors (Lipinski definition) is 6. The van der Waals surface area contributed by atoms with E-state index in [0.29, 0.717) is 11.3 Å². The molecule has 0 bridgehead atoms. The van der Waals surface area contributed by atoms with Gasteiger partial charge >= 0.3 is 11.9 Å². The lowest BCUT2D eigenvalue weighted by Crippen LogP contribution is -2.32. The summed E-state index contributed by atoms with van der Waals surface area (Å²) in [6.45, 7) is 0.863. The third kappa shape index (κ3) is 5.94. The third-order valence-corrected chi connectivity index (χ3v) is 3.73. The van der Waals surface area contributed by atoms with Crippen molar-refractivity contribution < 1.29 is 28.7 Å². The van der Waals surface area contributed by atoms with E-state index in [1.807, 2.05) is 0 Å². The van der Waals surface area contributed by atoms with Crippen LogP contribution in [0.4, 0.5) is 5.69 Å². The molecule has 0 aliphatic rings. The van der Waals surface area contributed by atoms with Gasteiger partial charge in [-0.05, 0) is 36.8 Å². The van der Waals surface area contributed by atoms with E-state index in [4.69, 9.17) is 4.74 Å². The normalized spacial score (nSPS) is 9.93. The maximum absolute atomic E-state index is 12.0. The standard InChI is InChI=1S/C20H20N2O6/c1-13-8-9-15(20(26)27-2)10-16(13)22-17(23)12-28-18(24)11-21-19(25)14-6-4-3-5-7-14/h3-10H,11-12H2,1-2H3,(H,21,25)(H,22,23). The highest BCUT2D eigenvalue weighted by Crippen LogP contribution is 2.17. The van der Waals surface area contributed by atoms with Crippen molar-refractivity contribution in [1.29, 1.82) is 0 Å². The summed E-state index contributed by atoms with van der Waals surface area (Å²) in [6, 6.07) is 13.1. The lowest BCUT2D eigenvalue weighted by atomic mass is 10.1. The molecule has 0 fully saturated rings. The first-order valence-electron chi connectivity index (χ1n) is 8.38. The van der Waals surface area contributed by atoms with E-state index in [1.54, 1.807) is 49.4 Å². The second kappa shape index (κ2) is 9.86. The molecule has 8 heteroatoms. The van der Waals surface area contributed by atoms with Crippen molar-refractivity contribution in [2.24, 2.45) is 0 Å². The molecular formula is C20H20N2O6. The Morgan fingerprint density at radius 2 is 1.68 bits per heavy atom. The summed E-state index contributed by atoms with van der Waals surface area (Å²) >= 11 is 0. The van der Waals surface area contributed by atoms with Gasteiger partial charge in [0.05, 0.1) is 12.7 Å². The number of amides is 2. The van der Waals surface area contributed by atoms with Crippen molar-refractivity contribution in [1.82, 2.24) is 5.32 Å². The minimum atomic E-state index is -0.750. The molecular weight excluding hydrogens is 364 g/mol. The third-order valence-electron chi connectivity index (χ3n) is 3.73. The Bertz CT molecular complexity index is 880. The van der Waals surface area contributed by atoms with E-state index in [2.05, 4.69) is 15.4 Å². The Hall–Kier alpha value is -3.68. The van der Waals surface area contributed by atoms with Crippen molar-refractivity contribution >= 4 is 29.4 Å². The van der Waals surface area contributed by atoms with Crippen LogP contribution in [0.5, 0.6) is 0 Å². The molecule has 2 amide bonds. The molecule has 2 N–H and O–H groups in total. The van der Waals surface area contributed by atoms with E-state index in [9.17, 15) is 19.2 Å². The predicted molar refractivity (Wildman–Crippen MR) is 101 cm³/mol. The molecule has 0 spiro atoms. The van der Waals surface area contributed by atoms with Crippen molar-refractivity contribution in [3.63, 3.8) is 0 Å². The number of benzene rings is 2. The molecule has 0 saturated heterocycles. The number of rotatable bonds is 7. The Kier molecular flexibility index (Phi) is 7.27. The number of methoxy groups -OCH3 is 1. The van der Waals surface area contributed by atoms with Gasteiger partial charge in [0, 0.05) is 11.3 Å². The number of aryl methyl sites for hydroxylation is 1. The van der Waals surface area contributed by atoms with E-state index in [-0.39, 0.29) is 12.1 Å². The fourth-order valence-electron chi connectivity index (χ4n) is 2.23. The zero-order valence-corrected chi connectivity index (χ0v) is 15.5. The smallest absolute Gasteiger partial charge is 0.337 e. The Balaban J connectivity index is 1.81. The van der Waals surface area contributed by atoms with Crippen molar-refractivity contribution in [2.45, 2.75) is 6.92 Å². The van der Waals surface area contributed by atoms with E-state index >= 15 is 0 Å². The van der Waals surface area contributed by atoms with Crippen LogP contribution in [0.2, 0.25) is 0 Å². The molecule has 8 nitrogen and oxygen atoms in total. The largest absolute Gasteiger partial charge is 0.465 e. The van der Waals surface area contributed by atoms with Crippen LogP contribution in [0.1, 0.15) is 26.3 Å². The van der Waals surface area contributed by atoms with Crippen molar-refractivity contribution in [3.8, 4) is 0 Å². The lowest BCUT2D eigenvalue weighted by molar-refractivity contribution is -0.146. The van der Waals surface area contributed by atoms with Gasteiger partial charge in [-0.15, -0.1) is 0 Å². The number of esters is 2. The van der Waals surface area contributed by atoms with Gasteiger partial charge in [0.1, 0.15) is 6.54 Å².